The number of benzene rings is 1. The van der Waals surface area contributed by atoms with Gasteiger partial charge >= 0.3 is 0 Å². The Bertz CT molecular complexity index is 976. The van der Waals surface area contributed by atoms with E-state index in [2.05, 4.69) is 25.7 Å². The summed E-state index contributed by atoms with van der Waals surface area (Å²) in [5, 5.41) is 13.5. The van der Waals surface area contributed by atoms with Crippen LogP contribution in [0.1, 0.15) is 61.6 Å². The number of imide groups is 1. The topological polar surface area (TPSA) is 90.1 Å². The molecule has 1 unspecified atom stereocenters. The van der Waals surface area contributed by atoms with Gasteiger partial charge in [0.15, 0.2) is 5.82 Å². The first kappa shape index (κ1) is 20.6. The molecular formula is C23H30FN5O2. The predicted octanol–water partition coefficient (Wildman–Crippen LogP) is 2.40. The number of hydrogen-bond acceptors (Lipinski definition) is 5. The Morgan fingerprint density at radius 3 is 2.58 bits per heavy atom. The van der Waals surface area contributed by atoms with Gasteiger partial charge in [-0.25, -0.2) is 4.39 Å². The molecule has 0 bridgehead atoms. The molecular weight excluding hydrogens is 397 g/mol. The molecule has 3 saturated heterocycles. The van der Waals surface area contributed by atoms with Crippen LogP contribution in [0.2, 0.25) is 0 Å². The SMILES string of the molecule is O=C1CCC(c2n[nH]c3c(F)c(C4CCN(CC5CCNCC5)CC4)ccc23)C(=O)N1. The molecule has 0 aliphatic carbocycles. The quantitative estimate of drug-likeness (QED) is 0.652. The molecule has 0 spiro atoms. The second-order valence-electron chi connectivity index (χ2n) is 9.27. The summed E-state index contributed by atoms with van der Waals surface area (Å²) in [6.45, 7) is 5.42. The molecule has 1 aromatic carbocycles. The molecule has 3 N–H and O–H groups in total. The first-order valence-corrected chi connectivity index (χ1v) is 11.5. The maximum absolute atomic E-state index is 15.4. The fraction of sp³-hybridized carbons (Fsp3) is 0.609. The van der Waals surface area contributed by atoms with E-state index in [0.717, 1.165) is 57.0 Å². The monoisotopic (exact) mass is 427 g/mol. The van der Waals surface area contributed by atoms with E-state index in [4.69, 9.17) is 0 Å². The Morgan fingerprint density at radius 2 is 1.84 bits per heavy atom. The average molecular weight is 428 g/mol. The molecule has 0 saturated carbocycles. The third kappa shape index (κ3) is 4.11. The summed E-state index contributed by atoms with van der Waals surface area (Å²) < 4.78 is 15.4. The van der Waals surface area contributed by atoms with E-state index < -0.39 is 5.92 Å². The minimum atomic E-state index is -0.519. The lowest BCUT2D eigenvalue weighted by atomic mass is 9.86. The third-order valence-electron chi connectivity index (χ3n) is 7.31. The molecule has 8 heteroatoms. The molecule has 166 valence electrons. The van der Waals surface area contributed by atoms with Crippen LogP contribution in [-0.2, 0) is 9.59 Å². The van der Waals surface area contributed by atoms with E-state index in [1.807, 2.05) is 12.1 Å². The lowest BCUT2D eigenvalue weighted by Crippen LogP contribution is -2.40. The van der Waals surface area contributed by atoms with Crippen LogP contribution in [0.5, 0.6) is 0 Å². The number of rotatable bonds is 4. The molecule has 3 aliphatic heterocycles. The van der Waals surface area contributed by atoms with Crippen LogP contribution in [-0.4, -0.2) is 59.6 Å². The third-order valence-corrected chi connectivity index (χ3v) is 7.31. The van der Waals surface area contributed by atoms with Crippen molar-refractivity contribution in [2.45, 2.75) is 50.4 Å². The van der Waals surface area contributed by atoms with Crippen molar-refractivity contribution in [3.63, 3.8) is 0 Å². The maximum Gasteiger partial charge on any atom is 0.235 e. The van der Waals surface area contributed by atoms with Crippen molar-refractivity contribution in [2.75, 3.05) is 32.7 Å². The zero-order valence-electron chi connectivity index (χ0n) is 17.8. The molecule has 0 radical (unpaired) electrons. The zero-order chi connectivity index (χ0) is 21.4. The van der Waals surface area contributed by atoms with Gasteiger partial charge in [-0.05, 0) is 75.7 Å². The highest BCUT2D eigenvalue weighted by Crippen LogP contribution is 2.36. The Hall–Kier alpha value is -2.32. The van der Waals surface area contributed by atoms with Gasteiger partial charge < -0.3 is 10.2 Å². The molecule has 2 amide bonds. The van der Waals surface area contributed by atoms with Gasteiger partial charge in [-0.3, -0.25) is 20.0 Å². The molecule has 7 nitrogen and oxygen atoms in total. The minimum absolute atomic E-state index is 0.205. The number of aromatic nitrogens is 2. The van der Waals surface area contributed by atoms with Gasteiger partial charge in [-0.1, -0.05) is 12.1 Å². The maximum atomic E-state index is 15.4. The Morgan fingerprint density at radius 1 is 1.06 bits per heavy atom. The predicted molar refractivity (Wildman–Crippen MR) is 115 cm³/mol. The zero-order valence-corrected chi connectivity index (χ0v) is 17.8. The summed E-state index contributed by atoms with van der Waals surface area (Å²) in [5.74, 6) is -0.399. The molecule has 2 aromatic rings. The molecule has 1 aromatic heterocycles. The normalized spacial score (nSPS) is 24.6. The van der Waals surface area contributed by atoms with Crippen LogP contribution in [0.3, 0.4) is 0 Å². The molecule has 3 aliphatic rings. The summed E-state index contributed by atoms with van der Waals surface area (Å²) in [6.07, 6.45) is 5.11. The van der Waals surface area contributed by atoms with Crippen LogP contribution in [0.25, 0.3) is 10.9 Å². The number of carbonyl (C=O) groups is 2. The largest absolute Gasteiger partial charge is 0.317 e. The fourth-order valence-electron chi connectivity index (χ4n) is 5.48. The first-order valence-electron chi connectivity index (χ1n) is 11.5. The molecule has 5 rings (SSSR count). The second kappa shape index (κ2) is 8.67. The standard InChI is InChI=1S/C23H30FN5O2/c24-20-16(15-7-11-29(12-8-15)13-14-5-9-25-10-6-14)1-2-17-21(27-28-22(17)20)18-3-4-19(30)26-23(18)31/h1-2,14-15,18,25H,3-13H2,(H,27,28)(H,26,30,31). The van der Waals surface area contributed by atoms with Gasteiger partial charge in [0, 0.05) is 18.4 Å². The van der Waals surface area contributed by atoms with Crippen LogP contribution < -0.4 is 10.6 Å². The van der Waals surface area contributed by atoms with Crippen molar-refractivity contribution in [1.29, 1.82) is 0 Å². The smallest absolute Gasteiger partial charge is 0.235 e. The van der Waals surface area contributed by atoms with Gasteiger partial charge in [0.05, 0.1) is 11.6 Å². The van der Waals surface area contributed by atoms with Crippen LogP contribution >= 0.6 is 0 Å². The first-order chi connectivity index (χ1) is 15.1. The number of nitrogens with zero attached hydrogens (tertiary/aromatic N) is 2. The van der Waals surface area contributed by atoms with Crippen molar-refractivity contribution in [3.8, 4) is 0 Å². The number of piperidine rings is 3. The summed E-state index contributed by atoms with van der Waals surface area (Å²) >= 11 is 0. The van der Waals surface area contributed by atoms with Gasteiger partial charge in [0.25, 0.3) is 0 Å². The summed E-state index contributed by atoms with van der Waals surface area (Å²) in [7, 11) is 0. The van der Waals surface area contributed by atoms with Crippen molar-refractivity contribution < 1.29 is 14.0 Å². The molecule has 1 atom stereocenters. The number of nitrogens with one attached hydrogen (secondary N) is 3. The van der Waals surface area contributed by atoms with Crippen LogP contribution in [0.4, 0.5) is 4.39 Å². The van der Waals surface area contributed by atoms with Gasteiger partial charge in [-0.15, -0.1) is 0 Å². The molecule has 3 fully saturated rings. The number of hydrogen-bond donors (Lipinski definition) is 3. The van der Waals surface area contributed by atoms with Crippen molar-refractivity contribution in [1.82, 2.24) is 25.7 Å². The number of aromatic amines is 1. The number of halogens is 1. The number of carbonyl (C=O) groups excluding carboxylic acids is 2. The summed E-state index contributed by atoms with van der Waals surface area (Å²) in [6, 6.07) is 3.76. The Labute approximate surface area is 181 Å². The average Bonchev–Trinajstić information content (AvgIpc) is 3.20. The fourth-order valence-corrected chi connectivity index (χ4v) is 5.48. The number of fused-ring (bicyclic) bond motifs is 1. The van der Waals surface area contributed by atoms with Crippen molar-refractivity contribution in [3.05, 3.63) is 29.2 Å². The van der Waals surface area contributed by atoms with E-state index in [0.29, 0.717) is 23.0 Å². The van der Waals surface area contributed by atoms with E-state index in [1.54, 1.807) is 0 Å². The van der Waals surface area contributed by atoms with Crippen molar-refractivity contribution in [2.24, 2.45) is 5.92 Å². The number of H-pyrrole nitrogens is 1. The second-order valence-corrected chi connectivity index (χ2v) is 9.27. The van der Waals surface area contributed by atoms with E-state index >= 15 is 4.39 Å². The highest BCUT2D eigenvalue weighted by molar-refractivity contribution is 6.02. The summed E-state index contributed by atoms with van der Waals surface area (Å²) in [5.41, 5.74) is 1.64. The molecule has 31 heavy (non-hydrogen) atoms. The number of amides is 2. The van der Waals surface area contributed by atoms with Gasteiger partial charge in [-0.2, -0.15) is 5.10 Å². The van der Waals surface area contributed by atoms with Crippen molar-refractivity contribution >= 4 is 22.7 Å². The Balaban J connectivity index is 1.29. The number of likely N-dealkylation sites (tertiary alicyclic amines) is 1. The van der Waals surface area contributed by atoms with Crippen LogP contribution in [0.15, 0.2) is 12.1 Å². The van der Waals surface area contributed by atoms with E-state index in [9.17, 15) is 9.59 Å². The lowest BCUT2D eigenvalue weighted by molar-refractivity contribution is -0.134. The summed E-state index contributed by atoms with van der Waals surface area (Å²) in [4.78, 5) is 26.2. The molecule has 4 heterocycles. The van der Waals surface area contributed by atoms with E-state index in [-0.39, 0.29) is 30.0 Å². The Kier molecular flexibility index (Phi) is 5.75. The van der Waals surface area contributed by atoms with Gasteiger partial charge in [0.1, 0.15) is 5.52 Å². The van der Waals surface area contributed by atoms with Gasteiger partial charge in [0.2, 0.25) is 11.8 Å². The highest BCUT2D eigenvalue weighted by atomic mass is 19.1. The van der Waals surface area contributed by atoms with E-state index in [1.165, 1.54) is 12.8 Å². The lowest BCUT2D eigenvalue weighted by Gasteiger charge is -2.35. The highest BCUT2D eigenvalue weighted by Gasteiger charge is 2.32. The minimum Gasteiger partial charge on any atom is -0.317 e. The van der Waals surface area contributed by atoms with Crippen LogP contribution in [0, 0.1) is 11.7 Å².